The predicted molar refractivity (Wildman–Crippen MR) is 105 cm³/mol. The molecule has 0 spiro atoms. The fourth-order valence-electron chi connectivity index (χ4n) is 2.41. The first-order valence-corrected chi connectivity index (χ1v) is 9.26. The van der Waals surface area contributed by atoms with E-state index in [1.165, 1.54) is 0 Å². The Bertz CT molecular complexity index is 917. The first kappa shape index (κ1) is 17.6. The summed E-state index contributed by atoms with van der Waals surface area (Å²) in [5, 5.41) is 0.938. The zero-order valence-corrected chi connectivity index (χ0v) is 15.7. The van der Waals surface area contributed by atoms with Gasteiger partial charge < -0.3 is 4.55 Å². The lowest BCUT2D eigenvalue weighted by Gasteiger charge is -2.19. The maximum absolute atomic E-state index is 12.5. The molecule has 0 saturated carbocycles. The number of fused-ring (bicyclic) bond motifs is 1. The molecular weight excluding hydrogens is 330 g/mol. The molecule has 0 saturated heterocycles. The molecule has 0 aliphatic heterocycles. The van der Waals surface area contributed by atoms with Gasteiger partial charge in [-0.15, -0.1) is 0 Å². The van der Waals surface area contributed by atoms with E-state index >= 15 is 0 Å². The summed E-state index contributed by atoms with van der Waals surface area (Å²) in [7, 11) is 0. The number of benzene rings is 1. The quantitative estimate of drug-likeness (QED) is 0.513. The Balaban J connectivity index is 2.20. The molecule has 0 bridgehead atoms. The van der Waals surface area contributed by atoms with Crippen LogP contribution in [0, 0.1) is 0 Å². The average Bonchev–Trinajstić information content (AvgIpc) is 2.60. The molecule has 128 valence electrons. The van der Waals surface area contributed by atoms with Gasteiger partial charge in [0, 0.05) is 22.7 Å². The van der Waals surface area contributed by atoms with E-state index in [-0.39, 0.29) is 0 Å². The second-order valence-electron chi connectivity index (χ2n) is 6.84. The smallest absolute Gasteiger partial charge is 0.159 e. The van der Waals surface area contributed by atoms with Gasteiger partial charge in [0.2, 0.25) is 0 Å². The largest absolute Gasteiger partial charge is 0.591 e. The Kier molecular flexibility index (Phi) is 4.88. The predicted octanol–water partition coefficient (Wildman–Crippen LogP) is 4.57. The Morgan fingerprint density at radius 1 is 1.08 bits per heavy atom. The van der Waals surface area contributed by atoms with Crippen molar-refractivity contribution in [2.45, 2.75) is 32.4 Å². The number of aromatic nitrogens is 2. The van der Waals surface area contributed by atoms with Crippen molar-refractivity contribution in [1.82, 2.24) is 9.97 Å². The second-order valence-corrected chi connectivity index (χ2v) is 8.74. The Morgan fingerprint density at radius 2 is 1.80 bits per heavy atom. The van der Waals surface area contributed by atoms with Crippen molar-refractivity contribution in [3.05, 3.63) is 60.3 Å². The van der Waals surface area contributed by atoms with E-state index < -0.39 is 16.1 Å². The van der Waals surface area contributed by atoms with Crippen molar-refractivity contribution in [1.29, 1.82) is 0 Å². The summed E-state index contributed by atoms with van der Waals surface area (Å²) in [6.07, 6.45) is 1.74. The Morgan fingerprint density at radius 3 is 2.48 bits per heavy atom. The van der Waals surface area contributed by atoms with Gasteiger partial charge in [0.05, 0.1) is 11.4 Å². The van der Waals surface area contributed by atoms with Gasteiger partial charge >= 0.3 is 0 Å². The highest BCUT2D eigenvalue weighted by atomic mass is 32.2. The summed E-state index contributed by atoms with van der Waals surface area (Å²) in [4.78, 5) is 9.10. The molecule has 0 aliphatic rings. The maximum Gasteiger partial charge on any atom is 0.159 e. The Labute approximate surface area is 151 Å². The summed E-state index contributed by atoms with van der Waals surface area (Å²) in [5.41, 5.74) is 4.07. The molecule has 25 heavy (non-hydrogen) atoms. The van der Waals surface area contributed by atoms with Crippen LogP contribution in [-0.2, 0) is 11.4 Å². The van der Waals surface area contributed by atoms with Crippen molar-refractivity contribution in [2.24, 2.45) is 4.40 Å². The van der Waals surface area contributed by atoms with Crippen molar-refractivity contribution in [3.63, 3.8) is 0 Å². The lowest BCUT2D eigenvalue weighted by Crippen LogP contribution is -2.26. The van der Waals surface area contributed by atoms with Gasteiger partial charge in [-0.25, -0.2) is 9.97 Å². The molecule has 0 aliphatic carbocycles. The van der Waals surface area contributed by atoms with Crippen molar-refractivity contribution < 1.29 is 4.55 Å². The van der Waals surface area contributed by atoms with E-state index in [0.717, 1.165) is 22.2 Å². The van der Waals surface area contributed by atoms with Crippen molar-refractivity contribution in [3.8, 4) is 11.3 Å². The normalized spacial score (nSPS) is 13.9. The van der Waals surface area contributed by atoms with Crippen molar-refractivity contribution in [2.75, 3.05) is 0 Å². The number of rotatable bonds is 3. The molecule has 3 aromatic rings. The molecule has 5 heteroatoms. The zero-order chi connectivity index (χ0) is 18.0. The third-order valence-corrected chi connectivity index (χ3v) is 5.26. The van der Waals surface area contributed by atoms with Gasteiger partial charge in [-0.2, -0.15) is 0 Å². The van der Waals surface area contributed by atoms with Crippen LogP contribution in [0.3, 0.4) is 0 Å². The van der Waals surface area contributed by atoms with Crippen LogP contribution in [0.25, 0.3) is 22.3 Å². The van der Waals surface area contributed by atoms with Crippen LogP contribution >= 0.6 is 0 Å². The van der Waals surface area contributed by atoms with E-state index in [9.17, 15) is 4.55 Å². The molecule has 4 nitrogen and oxygen atoms in total. The minimum absolute atomic E-state index is 0.403. The summed E-state index contributed by atoms with van der Waals surface area (Å²) in [6, 6.07) is 15.8. The lowest BCUT2D eigenvalue weighted by atomic mass is 10.0. The third-order valence-electron chi connectivity index (χ3n) is 3.77. The number of hydrogen-bond acceptors (Lipinski definition) is 4. The second kappa shape index (κ2) is 6.94. The van der Waals surface area contributed by atoms with E-state index in [1.807, 2.05) is 76.2 Å². The highest BCUT2D eigenvalue weighted by Gasteiger charge is 2.27. The Hall–Kier alpha value is -2.24. The minimum Gasteiger partial charge on any atom is -0.591 e. The highest BCUT2D eigenvalue weighted by molar-refractivity contribution is 7.91. The van der Waals surface area contributed by atoms with E-state index in [1.54, 1.807) is 6.20 Å². The summed E-state index contributed by atoms with van der Waals surface area (Å²) >= 11 is -1.32. The molecule has 0 radical (unpaired) electrons. The molecular formula is C20H21N3OS. The molecule has 0 unspecified atom stereocenters. The van der Waals surface area contributed by atoms with Crippen LogP contribution in [0.15, 0.2) is 59.1 Å². The van der Waals surface area contributed by atoms with Gasteiger partial charge in [0.1, 0.15) is 16.1 Å². The van der Waals surface area contributed by atoms with Crippen LogP contribution in [0.2, 0.25) is 0 Å². The van der Waals surface area contributed by atoms with E-state index in [2.05, 4.69) is 9.38 Å². The van der Waals surface area contributed by atoms with E-state index in [4.69, 9.17) is 4.98 Å². The number of hydrogen-bond donors (Lipinski definition) is 0. The van der Waals surface area contributed by atoms with E-state index in [0.29, 0.717) is 11.4 Å². The first-order chi connectivity index (χ1) is 11.9. The summed E-state index contributed by atoms with van der Waals surface area (Å²) in [5.74, 6) is 0. The van der Waals surface area contributed by atoms with Crippen LogP contribution < -0.4 is 0 Å². The molecule has 3 rings (SSSR count). The molecule has 1 aromatic carbocycles. The first-order valence-electron chi connectivity index (χ1n) is 8.15. The topological polar surface area (TPSA) is 61.2 Å². The number of pyridine rings is 2. The van der Waals surface area contributed by atoms with Crippen LogP contribution in [0.4, 0.5) is 0 Å². The fourth-order valence-corrected chi connectivity index (χ4v) is 3.03. The third kappa shape index (κ3) is 3.89. The minimum atomic E-state index is -1.32. The van der Waals surface area contributed by atoms with Gasteiger partial charge in [0.15, 0.2) is 5.65 Å². The monoisotopic (exact) mass is 351 g/mol. The average molecular weight is 351 g/mol. The van der Waals surface area contributed by atoms with Gasteiger partial charge in [0.25, 0.3) is 0 Å². The molecule has 2 aromatic heterocycles. The molecule has 0 N–H and O–H groups in total. The standard InChI is InChI=1S/C20H21N3OS/c1-14(23-25(24)20(2,3)4)17-13-16-11-8-12-21-19(16)22-18(17)15-9-6-5-7-10-15/h5-13H,1-4H3/t25-/m0/s1. The summed E-state index contributed by atoms with van der Waals surface area (Å²) < 4.78 is 16.5. The zero-order valence-electron chi connectivity index (χ0n) is 14.9. The van der Waals surface area contributed by atoms with Gasteiger partial charge in [-0.3, -0.25) is 0 Å². The molecule has 0 amide bonds. The van der Waals surface area contributed by atoms with Crippen molar-refractivity contribution >= 4 is 28.1 Å². The molecule has 1 atom stereocenters. The van der Waals surface area contributed by atoms with Gasteiger partial charge in [-0.1, -0.05) is 34.7 Å². The molecule has 2 heterocycles. The highest BCUT2D eigenvalue weighted by Crippen LogP contribution is 2.27. The fraction of sp³-hybridized carbons (Fsp3) is 0.250. The summed E-state index contributed by atoms with van der Waals surface area (Å²) in [6.45, 7) is 7.64. The molecule has 0 fully saturated rings. The maximum atomic E-state index is 12.5. The van der Waals surface area contributed by atoms with Gasteiger partial charge in [-0.05, 0) is 45.9 Å². The lowest BCUT2D eigenvalue weighted by molar-refractivity contribution is 0.561. The number of nitrogens with zero attached hydrogens (tertiary/aromatic N) is 3. The van der Waals surface area contributed by atoms with Crippen LogP contribution in [0.5, 0.6) is 0 Å². The SMILES string of the molecule is CC(=N[S@@+]([O-])C(C)(C)C)c1cc2cccnc2nc1-c1ccccc1. The van der Waals surface area contributed by atoms with Crippen LogP contribution in [-0.4, -0.2) is 25.0 Å². The van der Waals surface area contributed by atoms with Crippen LogP contribution in [0.1, 0.15) is 33.3 Å².